The summed E-state index contributed by atoms with van der Waals surface area (Å²) >= 11 is 0. The van der Waals surface area contributed by atoms with Gasteiger partial charge in [-0.25, -0.2) is 8.42 Å². The van der Waals surface area contributed by atoms with E-state index in [4.69, 9.17) is 0 Å². The van der Waals surface area contributed by atoms with Gasteiger partial charge in [-0.15, -0.1) is 0 Å². The van der Waals surface area contributed by atoms with E-state index in [9.17, 15) is 8.42 Å². The van der Waals surface area contributed by atoms with E-state index in [2.05, 4.69) is 25.8 Å². The lowest BCUT2D eigenvalue weighted by Crippen LogP contribution is -2.23. The molecular formula is C16H29NO2SSi. The van der Waals surface area contributed by atoms with Crippen LogP contribution < -0.4 is 0 Å². The van der Waals surface area contributed by atoms with E-state index in [0.29, 0.717) is 10.9 Å². The van der Waals surface area contributed by atoms with Crippen LogP contribution in [0.5, 0.6) is 0 Å². The van der Waals surface area contributed by atoms with Crippen LogP contribution in [0.2, 0.25) is 12.1 Å². The second kappa shape index (κ2) is 8.71. The zero-order valence-electron chi connectivity index (χ0n) is 13.8. The quantitative estimate of drug-likeness (QED) is 0.517. The second-order valence-corrected chi connectivity index (χ2v) is 10.0. The van der Waals surface area contributed by atoms with Gasteiger partial charge in [-0.3, -0.25) is 4.90 Å². The maximum Gasteiger partial charge on any atom is 0.175 e. The Morgan fingerprint density at radius 2 is 1.81 bits per heavy atom. The lowest BCUT2D eigenvalue weighted by atomic mass is 10.1. The summed E-state index contributed by atoms with van der Waals surface area (Å²) in [6.07, 6.45) is 3.87. The molecule has 0 radical (unpaired) electrons. The standard InChI is InChI=1S/C16H29NO2SSi/c1-5-12-21-13-6-11-17(3)14(2)15-7-9-16(10-8-15)20(4,18)19/h7-10,14H,5-6,11-13,21H2,1-4H3. The Labute approximate surface area is 132 Å². The molecular weight excluding hydrogens is 298 g/mol. The van der Waals surface area contributed by atoms with Gasteiger partial charge in [0.05, 0.1) is 4.90 Å². The first-order chi connectivity index (χ1) is 9.86. The first-order valence-corrected chi connectivity index (χ1v) is 11.8. The maximum atomic E-state index is 11.5. The molecule has 0 aliphatic heterocycles. The van der Waals surface area contributed by atoms with Crippen molar-refractivity contribution in [1.29, 1.82) is 0 Å². The molecule has 1 atom stereocenters. The molecule has 0 aliphatic rings. The van der Waals surface area contributed by atoms with Crippen LogP contribution in [0.1, 0.15) is 38.3 Å². The van der Waals surface area contributed by atoms with Gasteiger partial charge in [-0.05, 0) is 44.6 Å². The molecule has 1 rings (SSSR count). The maximum absolute atomic E-state index is 11.5. The van der Waals surface area contributed by atoms with Crippen molar-refractivity contribution in [3.63, 3.8) is 0 Å². The molecule has 1 unspecified atom stereocenters. The average molecular weight is 328 g/mol. The molecule has 0 aliphatic carbocycles. The number of hydrogen-bond acceptors (Lipinski definition) is 3. The summed E-state index contributed by atoms with van der Waals surface area (Å²) in [6, 6.07) is 10.5. The van der Waals surface area contributed by atoms with E-state index in [1.165, 1.54) is 36.7 Å². The monoisotopic (exact) mass is 327 g/mol. The van der Waals surface area contributed by atoms with E-state index < -0.39 is 9.84 Å². The number of sulfone groups is 1. The topological polar surface area (TPSA) is 37.4 Å². The van der Waals surface area contributed by atoms with Crippen molar-refractivity contribution < 1.29 is 8.42 Å². The van der Waals surface area contributed by atoms with E-state index in [0.717, 1.165) is 6.54 Å². The van der Waals surface area contributed by atoms with E-state index in [1.54, 1.807) is 12.1 Å². The molecule has 1 aromatic rings. The van der Waals surface area contributed by atoms with Gasteiger partial charge in [0.15, 0.2) is 9.84 Å². The van der Waals surface area contributed by atoms with Crippen molar-refractivity contribution >= 4 is 19.4 Å². The Bertz CT molecular complexity index is 514. The van der Waals surface area contributed by atoms with Gasteiger partial charge in [0.1, 0.15) is 0 Å². The van der Waals surface area contributed by atoms with Gasteiger partial charge in [0.25, 0.3) is 0 Å². The summed E-state index contributed by atoms with van der Waals surface area (Å²) in [5, 5.41) is 0. The van der Waals surface area contributed by atoms with Gasteiger partial charge < -0.3 is 0 Å². The highest BCUT2D eigenvalue weighted by molar-refractivity contribution is 7.90. The van der Waals surface area contributed by atoms with Crippen molar-refractivity contribution in [2.45, 2.75) is 49.7 Å². The fourth-order valence-corrected chi connectivity index (χ4v) is 4.47. The van der Waals surface area contributed by atoms with Crippen molar-refractivity contribution in [3.8, 4) is 0 Å². The van der Waals surface area contributed by atoms with Crippen LogP contribution >= 0.6 is 0 Å². The van der Waals surface area contributed by atoms with Crippen molar-refractivity contribution in [1.82, 2.24) is 4.90 Å². The van der Waals surface area contributed by atoms with Crippen molar-refractivity contribution in [2.75, 3.05) is 19.8 Å². The Morgan fingerprint density at radius 1 is 1.19 bits per heavy atom. The molecule has 0 fully saturated rings. The molecule has 21 heavy (non-hydrogen) atoms. The predicted octanol–water partition coefficient (Wildman–Crippen LogP) is 2.89. The number of nitrogens with zero attached hydrogens (tertiary/aromatic N) is 1. The third-order valence-corrected chi connectivity index (χ3v) is 7.40. The molecule has 0 amide bonds. The lowest BCUT2D eigenvalue weighted by Gasteiger charge is -2.25. The third kappa shape index (κ3) is 6.32. The molecule has 0 saturated carbocycles. The van der Waals surface area contributed by atoms with E-state index in [-0.39, 0.29) is 9.52 Å². The summed E-state index contributed by atoms with van der Waals surface area (Å²) in [5.74, 6) is 0. The normalized spacial score (nSPS) is 14.1. The molecule has 0 bridgehead atoms. The average Bonchev–Trinajstić information content (AvgIpc) is 2.45. The summed E-state index contributed by atoms with van der Waals surface area (Å²) in [7, 11) is -0.782. The highest BCUT2D eigenvalue weighted by Crippen LogP contribution is 2.21. The fraction of sp³-hybridized carbons (Fsp3) is 0.625. The zero-order chi connectivity index (χ0) is 15.9. The predicted molar refractivity (Wildman–Crippen MR) is 93.7 cm³/mol. The molecule has 0 aromatic heterocycles. The van der Waals surface area contributed by atoms with Gasteiger partial charge in [-0.1, -0.05) is 37.6 Å². The van der Waals surface area contributed by atoms with Crippen LogP contribution in [-0.2, 0) is 9.84 Å². The minimum atomic E-state index is -3.10. The van der Waals surface area contributed by atoms with Gasteiger partial charge in [-0.2, -0.15) is 0 Å². The summed E-state index contributed by atoms with van der Waals surface area (Å²) < 4.78 is 22.9. The summed E-state index contributed by atoms with van der Waals surface area (Å²) in [6.45, 7) is 5.56. The van der Waals surface area contributed by atoms with Crippen LogP contribution in [0.3, 0.4) is 0 Å². The molecule has 1 aromatic carbocycles. The second-order valence-electron chi connectivity index (χ2n) is 5.91. The van der Waals surface area contributed by atoms with Crippen LogP contribution in [0.25, 0.3) is 0 Å². The van der Waals surface area contributed by atoms with Crippen molar-refractivity contribution in [3.05, 3.63) is 29.8 Å². The van der Waals surface area contributed by atoms with Crippen LogP contribution in [0, 0.1) is 0 Å². The molecule has 0 heterocycles. The van der Waals surface area contributed by atoms with Crippen LogP contribution in [0.4, 0.5) is 0 Å². The minimum Gasteiger partial charge on any atom is -0.300 e. The summed E-state index contributed by atoms with van der Waals surface area (Å²) in [4.78, 5) is 2.75. The molecule has 3 nitrogen and oxygen atoms in total. The summed E-state index contributed by atoms with van der Waals surface area (Å²) in [5.41, 5.74) is 1.18. The minimum absolute atomic E-state index is 0.166. The Balaban J connectivity index is 2.52. The number of hydrogen-bond donors (Lipinski definition) is 0. The van der Waals surface area contributed by atoms with Gasteiger partial charge in [0, 0.05) is 21.8 Å². The molecule has 0 N–H and O–H groups in total. The molecule has 0 saturated heterocycles. The first kappa shape index (κ1) is 18.4. The number of rotatable bonds is 9. The van der Waals surface area contributed by atoms with Crippen LogP contribution in [-0.4, -0.2) is 42.7 Å². The Hall–Kier alpha value is -0.653. The van der Waals surface area contributed by atoms with Crippen molar-refractivity contribution in [2.24, 2.45) is 0 Å². The highest BCUT2D eigenvalue weighted by Gasteiger charge is 2.13. The van der Waals surface area contributed by atoms with Gasteiger partial charge in [0.2, 0.25) is 0 Å². The Morgan fingerprint density at radius 3 is 2.33 bits per heavy atom. The largest absolute Gasteiger partial charge is 0.300 e. The smallest absolute Gasteiger partial charge is 0.175 e. The van der Waals surface area contributed by atoms with E-state index >= 15 is 0 Å². The SMILES string of the molecule is CCC[SiH2]CCCN(C)C(C)c1ccc(S(C)(=O)=O)cc1. The lowest BCUT2D eigenvalue weighted by molar-refractivity contribution is 0.262. The first-order valence-electron chi connectivity index (χ1n) is 7.86. The third-order valence-electron chi connectivity index (χ3n) is 4.07. The zero-order valence-corrected chi connectivity index (χ0v) is 16.0. The molecule has 120 valence electrons. The number of benzene rings is 1. The molecule has 5 heteroatoms. The van der Waals surface area contributed by atoms with E-state index in [1.807, 2.05) is 12.1 Å². The van der Waals surface area contributed by atoms with Gasteiger partial charge >= 0.3 is 0 Å². The van der Waals surface area contributed by atoms with Crippen LogP contribution in [0.15, 0.2) is 29.2 Å². The Kier molecular flexibility index (Phi) is 7.63. The molecule has 0 spiro atoms. The fourth-order valence-electron chi connectivity index (χ4n) is 2.41. The highest BCUT2D eigenvalue weighted by atomic mass is 32.2.